The SMILES string of the molecule is CCCC(C)C(Cc1cc(F)ccc1F)NN. The Morgan fingerprint density at radius 1 is 1.35 bits per heavy atom. The summed E-state index contributed by atoms with van der Waals surface area (Å²) in [5.41, 5.74) is 3.06. The molecule has 0 saturated carbocycles. The van der Waals surface area contributed by atoms with Gasteiger partial charge in [0.2, 0.25) is 0 Å². The summed E-state index contributed by atoms with van der Waals surface area (Å²) in [5.74, 6) is 5.00. The van der Waals surface area contributed by atoms with Gasteiger partial charge in [0.15, 0.2) is 0 Å². The molecular weight excluding hydrogens is 222 g/mol. The van der Waals surface area contributed by atoms with Gasteiger partial charge in [-0.1, -0.05) is 20.3 Å². The smallest absolute Gasteiger partial charge is 0.126 e. The van der Waals surface area contributed by atoms with E-state index in [-0.39, 0.29) is 11.9 Å². The highest BCUT2D eigenvalue weighted by atomic mass is 19.1. The summed E-state index contributed by atoms with van der Waals surface area (Å²) < 4.78 is 26.5. The zero-order valence-corrected chi connectivity index (χ0v) is 10.3. The van der Waals surface area contributed by atoms with Gasteiger partial charge in [0.1, 0.15) is 11.6 Å². The van der Waals surface area contributed by atoms with Crippen molar-refractivity contribution in [2.45, 2.75) is 39.2 Å². The second-order valence-corrected chi connectivity index (χ2v) is 4.48. The fraction of sp³-hybridized carbons (Fsp3) is 0.538. The van der Waals surface area contributed by atoms with Gasteiger partial charge in [-0.05, 0) is 42.5 Å². The molecule has 0 fully saturated rings. The van der Waals surface area contributed by atoms with E-state index in [2.05, 4.69) is 19.3 Å². The van der Waals surface area contributed by atoms with E-state index < -0.39 is 5.82 Å². The average molecular weight is 242 g/mol. The van der Waals surface area contributed by atoms with Crippen LogP contribution in [0.1, 0.15) is 32.3 Å². The Kier molecular flexibility index (Phi) is 5.51. The maximum Gasteiger partial charge on any atom is 0.126 e. The van der Waals surface area contributed by atoms with Crippen molar-refractivity contribution in [3.8, 4) is 0 Å². The lowest BCUT2D eigenvalue weighted by molar-refractivity contribution is 0.353. The van der Waals surface area contributed by atoms with Gasteiger partial charge >= 0.3 is 0 Å². The molecule has 1 aromatic rings. The third-order valence-corrected chi connectivity index (χ3v) is 3.09. The minimum Gasteiger partial charge on any atom is -0.271 e. The molecule has 3 N–H and O–H groups in total. The lowest BCUT2D eigenvalue weighted by Crippen LogP contribution is -2.41. The molecular formula is C13H20F2N2. The van der Waals surface area contributed by atoms with Crippen LogP contribution in [0, 0.1) is 17.6 Å². The normalized spacial score (nSPS) is 14.6. The molecule has 0 spiro atoms. The molecule has 0 saturated heterocycles. The maximum absolute atomic E-state index is 13.5. The summed E-state index contributed by atoms with van der Waals surface area (Å²) in [6, 6.07) is 3.48. The molecule has 4 heteroatoms. The fourth-order valence-electron chi connectivity index (χ4n) is 2.02. The van der Waals surface area contributed by atoms with Crippen LogP contribution in [-0.4, -0.2) is 6.04 Å². The van der Waals surface area contributed by atoms with E-state index in [9.17, 15) is 8.78 Å². The van der Waals surface area contributed by atoms with E-state index in [4.69, 9.17) is 5.84 Å². The maximum atomic E-state index is 13.5. The number of hydrogen-bond acceptors (Lipinski definition) is 2. The zero-order chi connectivity index (χ0) is 12.8. The zero-order valence-electron chi connectivity index (χ0n) is 10.3. The molecule has 1 aromatic carbocycles. The molecule has 96 valence electrons. The van der Waals surface area contributed by atoms with Gasteiger partial charge in [0.25, 0.3) is 0 Å². The second kappa shape index (κ2) is 6.67. The summed E-state index contributed by atoms with van der Waals surface area (Å²) in [6.07, 6.45) is 2.46. The summed E-state index contributed by atoms with van der Waals surface area (Å²) in [4.78, 5) is 0. The van der Waals surface area contributed by atoms with Gasteiger partial charge in [-0.25, -0.2) is 8.78 Å². The molecule has 1 rings (SSSR count). The highest BCUT2D eigenvalue weighted by Gasteiger charge is 2.17. The predicted molar refractivity (Wildman–Crippen MR) is 65.2 cm³/mol. The highest BCUT2D eigenvalue weighted by Crippen LogP contribution is 2.17. The molecule has 0 radical (unpaired) electrons. The van der Waals surface area contributed by atoms with Crippen LogP contribution in [0.4, 0.5) is 8.78 Å². The first-order valence-corrected chi connectivity index (χ1v) is 5.98. The quantitative estimate of drug-likeness (QED) is 0.594. The van der Waals surface area contributed by atoms with E-state index in [1.807, 2.05) is 0 Å². The molecule has 2 atom stereocenters. The molecule has 17 heavy (non-hydrogen) atoms. The van der Waals surface area contributed by atoms with Crippen LogP contribution in [0.5, 0.6) is 0 Å². The second-order valence-electron chi connectivity index (χ2n) is 4.48. The Balaban J connectivity index is 2.76. The lowest BCUT2D eigenvalue weighted by Gasteiger charge is -2.23. The molecule has 0 aromatic heterocycles. The van der Waals surface area contributed by atoms with E-state index in [0.29, 0.717) is 17.9 Å². The van der Waals surface area contributed by atoms with Crippen molar-refractivity contribution in [2.24, 2.45) is 11.8 Å². The van der Waals surface area contributed by atoms with Crippen LogP contribution in [0.25, 0.3) is 0 Å². The van der Waals surface area contributed by atoms with Gasteiger partial charge < -0.3 is 0 Å². The van der Waals surface area contributed by atoms with Gasteiger partial charge in [-0.2, -0.15) is 0 Å². The third kappa shape index (κ3) is 4.06. The molecule has 2 nitrogen and oxygen atoms in total. The van der Waals surface area contributed by atoms with Gasteiger partial charge in [-0.15, -0.1) is 0 Å². The number of nitrogens with two attached hydrogens (primary N) is 1. The number of hydrazine groups is 1. The topological polar surface area (TPSA) is 38.0 Å². The van der Waals surface area contributed by atoms with Crippen molar-refractivity contribution in [3.05, 3.63) is 35.4 Å². The van der Waals surface area contributed by atoms with E-state index >= 15 is 0 Å². The standard InChI is InChI=1S/C13H20F2N2/c1-3-4-9(2)13(17-16)8-10-7-11(14)5-6-12(10)15/h5-7,9,13,17H,3-4,8,16H2,1-2H3. The van der Waals surface area contributed by atoms with Gasteiger partial charge in [-0.3, -0.25) is 11.3 Å². The number of hydrogen-bond donors (Lipinski definition) is 2. The van der Waals surface area contributed by atoms with Crippen molar-refractivity contribution >= 4 is 0 Å². The van der Waals surface area contributed by atoms with Gasteiger partial charge in [0, 0.05) is 6.04 Å². The molecule has 2 unspecified atom stereocenters. The molecule has 0 aliphatic heterocycles. The van der Waals surface area contributed by atoms with Crippen LogP contribution in [0.15, 0.2) is 18.2 Å². The van der Waals surface area contributed by atoms with E-state index in [0.717, 1.165) is 25.0 Å². The van der Waals surface area contributed by atoms with Crippen molar-refractivity contribution in [1.82, 2.24) is 5.43 Å². The Bertz CT molecular complexity index is 355. The molecule has 0 aliphatic rings. The minimum atomic E-state index is -0.416. The number of rotatable bonds is 6. The first-order valence-electron chi connectivity index (χ1n) is 5.98. The van der Waals surface area contributed by atoms with Crippen LogP contribution < -0.4 is 11.3 Å². The van der Waals surface area contributed by atoms with Crippen molar-refractivity contribution < 1.29 is 8.78 Å². The summed E-state index contributed by atoms with van der Waals surface area (Å²) in [5, 5.41) is 0. The number of nitrogens with one attached hydrogen (secondary N) is 1. The highest BCUT2D eigenvalue weighted by molar-refractivity contribution is 5.19. The van der Waals surface area contributed by atoms with E-state index in [1.165, 1.54) is 6.07 Å². The predicted octanol–water partition coefficient (Wildman–Crippen LogP) is 2.78. The fourth-order valence-corrected chi connectivity index (χ4v) is 2.02. The van der Waals surface area contributed by atoms with Crippen LogP contribution in [-0.2, 0) is 6.42 Å². The van der Waals surface area contributed by atoms with Crippen molar-refractivity contribution in [3.63, 3.8) is 0 Å². The molecule has 0 aliphatic carbocycles. The number of halogens is 2. The summed E-state index contributed by atoms with van der Waals surface area (Å²) >= 11 is 0. The first kappa shape index (κ1) is 14.1. The monoisotopic (exact) mass is 242 g/mol. The first-order chi connectivity index (χ1) is 8.08. The minimum absolute atomic E-state index is 0.0359. The average Bonchev–Trinajstić information content (AvgIpc) is 2.30. The third-order valence-electron chi connectivity index (χ3n) is 3.09. The Labute approximate surface area is 101 Å². The van der Waals surface area contributed by atoms with Crippen LogP contribution in [0.2, 0.25) is 0 Å². The lowest BCUT2D eigenvalue weighted by atomic mass is 9.92. The Morgan fingerprint density at radius 2 is 2.06 bits per heavy atom. The molecule has 0 bridgehead atoms. The molecule has 0 heterocycles. The van der Waals surface area contributed by atoms with E-state index in [1.54, 1.807) is 0 Å². The largest absolute Gasteiger partial charge is 0.271 e. The Morgan fingerprint density at radius 3 is 2.65 bits per heavy atom. The van der Waals surface area contributed by atoms with Crippen LogP contribution in [0.3, 0.4) is 0 Å². The summed E-state index contributed by atoms with van der Waals surface area (Å²) in [6.45, 7) is 4.15. The van der Waals surface area contributed by atoms with Crippen molar-refractivity contribution in [1.29, 1.82) is 0 Å². The molecule has 0 amide bonds. The van der Waals surface area contributed by atoms with Gasteiger partial charge in [0.05, 0.1) is 0 Å². The number of benzene rings is 1. The van der Waals surface area contributed by atoms with Crippen molar-refractivity contribution in [2.75, 3.05) is 0 Å². The Hall–Kier alpha value is -1.00. The summed E-state index contributed by atoms with van der Waals surface area (Å²) in [7, 11) is 0. The van der Waals surface area contributed by atoms with Crippen LogP contribution >= 0.6 is 0 Å².